The Balaban J connectivity index is 2.51. The topological polar surface area (TPSA) is 38.7 Å². The molecule has 2 atom stereocenters. The maximum absolute atomic E-state index is 4.70. The number of pyridine rings is 1. The van der Waals surface area contributed by atoms with Crippen LogP contribution < -0.4 is 0 Å². The lowest BCUT2D eigenvalue weighted by molar-refractivity contribution is 0.418. The Bertz CT molecular complexity index is 536. The van der Waals surface area contributed by atoms with E-state index in [-0.39, 0.29) is 0 Å². The van der Waals surface area contributed by atoms with Crippen molar-refractivity contribution >= 4 is 10.9 Å². The van der Waals surface area contributed by atoms with Gasteiger partial charge in [0.05, 0.1) is 11.7 Å². The van der Waals surface area contributed by atoms with Crippen LogP contribution in [0.5, 0.6) is 0 Å². The zero-order chi connectivity index (χ0) is 13.1. The molecule has 18 heavy (non-hydrogen) atoms. The molecular weight excluding hydrogens is 222 g/mol. The molecule has 2 heterocycles. The smallest absolute Gasteiger partial charge is 0.132 e. The van der Waals surface area contributed by atoms with Crippen LogP contribution >= 0.6 is 0 Å². The minimum Gasteiger partial charge on any atom is -0.262 e. The first-order chi connectivity index (χ1) is 8.67. The van der Waals surface area contributed by atoms with Crippen molar-refractivity contribution in [1.29, 1.82) is 0 Å². The molecule has 0 aliphatic rings. The number of aryl methyl sites for hydroxylation is 1. The van der Waals surface area contributed by atoms with E-state index >= 15 is 0 Å². The van der Waals surface area contributed by atoms with Crippen LogP contribution in [-0.4, -0.2) is 15.0 Å². The second kappa shape index (κ2) is 5.42. The summed E-state index contributed by atoms with van der Waals surface area (Å²) in [7, 11) is 0. The maximum Gasteiger partial charge on any atom is 0.132 e. The lowest BCUT2D eigenvalue weighted by atomic mass is 9.88. The monoisotopic (exact) mass is 243 g/mol. The molecule has 0 fully saturated rings. The van der Waals surface area contributed by atoms with E-state index in [2.05, 4.69) is 32.7 Å². The molecule has 0 aliphatic carbocycles. The molecule has 0 radical (unpaired) electrons. The first-order valence-corrected chi connectivity index (χ1v) is 6.75. The van der Waals surface area contributed by atoms with E-state index in [9.17, 15) is 0 Å². The van der Waals surface area contributed by atoms with Crippen molar-refractivity contribution in [3.63, 3.8) is 0 Å². The van der Waals surface area contributed by atoms with Crippen LogP contribution in [0, 0.1) is 12.8 Å². The first-order valence-electron chi connectivity index (χ1n) is 6.75. The zero-order valence-corrected chi connectivity index (χ0v) is 11.6. The summed E-state index contributed by atoms with van der Waals surface area (Å²) in [6.45, 7) is 8.77. The largest absolute Gasteiger partial charge is 0.262 e. The third kappa shape index (κ3) is 2.35. The van der Waals surface area contributed by atoms with Gasteiger partial charge in [-0.25, -0.2) is 9.97 Å². The molecular formula is C15H21N3. The minimum atomic E-state index is 0.443. The summed E-state index contributed by atoms with van der Waals surface area (Å²) in [6, 6.07) is 1.98. The Labute approximate surface area is 109 Å². The van der Waals surface area contributed by atoms with Crippen LogP contribution in [-0.2, 0) is 0 Å². The Morgan fingerprint density at radius 2 is 1.94 bits per heavy atom. The number of hydrogen-bond donors (Lipinski definition) is 0. The lowest BCUT2D eigenvalue weighted by Crippen LogP contribution is -2.13. The quantitative estimate of drug-likeness (QED) is 0.818. The summed E-state index contributed by atoms with van der Waals surface area (Å²) in [5.74, 6) is 2.03. The minimum absolute atomic E-state index is 0.443. The molecule has 2 aromatic rings. The Kier molecular flexibility index (Phi) is 3.90. The predicted molar refractivity (Wildman–Crippen MR) is 74.6 cm³/mol. The van der Waals surface area contributed by atoms with Crippen LogP contribution in [0.2, 0.25) is 0 Å². The fraction of sp³-hybridized carbons (Fsp3) is 0.533. The highest BCUT2D eigenvalue weighted by Gasteiger charge is 2.19. The second-order valence-corrected chi connectivity index (χ2v) is 4.96. The average Bonchev–Trinajstić information content (AvgIpc) is 2.39. The third-order valence-electron chi connectivity index (χ3n) is 3.81. The van der Waals surface area contributed by atoms with Crippen molar-refractivity contribution in [2.45, 2.75) is 46.5 Å². The Morgan fingerprint density at radius 1 is 1.17 bits per heavy atom. The molecule has 2 unspecified atom stereocenters. The SMILES string of the molecule is CCC(C)C(CC)c1nc(C)c2ccncc2n1. The summed E-state index contributed by atoms with van der Waals surface area (Å²) in [5, 5.41) is 1.10. The molecule has 2 rings (SSSR count). The van der Waals surface area contributed by atoms with Crippen molar-refractivity contribution in [3.05, 3.63) is 30.0 Å². The zero-order valence-electron chi connectivity index (χ0n) is 11.6. The standard InChI is InChI=1S/C15H21N3/c1-5-10(3)12(6-2)15-17-11(4)13-7-8-16-9-14(13)18-15/h7-10,12H,5-6H2,1-4H3. The van der Waals surface area contributed by atoms with Crippen LogP contribution in [0.1, 0.15) is 51.0 Å². The number of nitrogens with zero attached hydrogens (tertiary/aromatic N) is 3. The summed E-state index contributed by atoms with van der Waals surface area (Å²) in [5.41, 5.74) is 2.01. The maximum atomic E-state index is 4.70. The van der Waals surface area contributed by atoms with E-state index in [0.29, 0.717) is 11.8 Å². The highest BCUT2D eigenvalue weighted by molar-refractivity contribution is 5.79. The van der Waals surface area contributed by atoms with Gasteiger partial charge in [-0.3, -0.25) is 4.98 Å². The normalized spacial score (nSPS) is 14.7. The van der Waals surface area contributed by atoms with Gasteiger partial charge >= 0.3 is 0 Å². The predicted octanol–water partition coefficient (Wildman–Crippen LogP) is 3.87. The molecule has 0 saturated heterocycles. The fourth-order valence-corrected chi connectivity index (χ4v) is 2.45. The summed E-state index contributed by atoms with van der Waals surface area (Å²) >= 11 is 0. The van der Waals surface area contributed by atoms with E-state index in [1.165, 1.54) is 0 Å². The number of rotatable bonds is 4. The molecule has 0 N–H and O–H groups in total. The van der Waals surface area contributed by atoms with Crippen LogP contribution in [0.3, 0.4) is 0 Å². The second-order valence-electron chi connectivity index (χ2n) is 4.96. The molecule has 0 bridgehead atoms. The summed E-state index contributed by atoms with van der Waals surface area (Å²) in [4.78, 5) is 13.6. The average molecular weight is 243 g/mol. The molecule has 0 saturated carbocycles. The van der Waals surface area contributed by atoms with Crippen molar-refractivity contribution in [3.8, 4) is 0 Å². The van der Waals surface area contributed by atoms with Gasteiger partial charge in [0.25, 0.3) is 0 Å². The lowest BCUT2D eigenvalue weighted by Gasteiger charge is -2.20. The van der Waals surface area contributed by atoms with Crippen LogP contribution in [0.25, 0.3) is 10.9 Å². The Morgan fingerprint density at radius 3 is 2.61 bits per heavy atom. The number of fused-ring (bicyclic) bond motifs is 1. The fourth-order valence-electron chi connectivity index (χ4n) is 2.45. The molecule has 0 aromatic carbocycles. The van der Waals surface area contributed by atoms with Gasteiger partial charge in [0.1, 0.15) is 5.82 Å². The van der Waals surface area contributed by atoms with Crippen molar-refractivity contribution < 1.29 is 0 Å². The number of aromatic nitrogens is 3. The molecule has 0 spiro atoms. The van der Waals surface area contributed by atoms with E-state index in [1.807, 2.05) is 12.3 Å². The van der Waals surface area contributed by atoms with E-state index < -0.39 is 0 Å². The van der Waals surface area contributed by atoms with Crippen molar-refractivity contribution in [1.82, 2.24) is 15.0 Å². The molecule has 0 amide bonds. The van der Waals surface area contributed by atoms with Gasteiger partial charge in [-0.15, -0.1) is 0 Å². The van der Waals surface area contributed by atoms with Gasteiger partial charge in [-0.1, -0.05) is 27.2 Å². The molecule has 3 nitrogen and oxygen atoms in total. The van der Waals surface area contributed by atoms with E-state index in [1.54, 1.807) is 6.20 Å². The third-order valence-corrected chi connectivity index (χ3v) is 3.81. The first kappa shape index (κ1) is 12.9. The number of hydrogen-bond acceptors (Lipinski definition) is 3. The Hall–Kier alpha value is -1.51. The van der Waals surface area contributed by atoms with E-state index in [4.69, 9.17) is 9.97 Å². The van der Waals surface area contributed by atoms with Gasteiger partial charge in [-0.05, 0) is 25.3 Å². The summed E-state index contributed by atoms with van der Waals surface area (Å²) < 4.78 is 0. The van der Waals surface area contributed by atoms with Crippen molar-refractivity contribution in [2.75, 3.05) is 0 Å². The molecule has 0 aliphatic heterocycles. The molecule has 96 valence electrons. The van der Waals surface area contributed by atoms with E-state index in [0.717, 1.165) is 35.3 Å². The summed E-state index contributed by atoms with van der Waals surface area (Å²) in [6.07, 6.45) is 5.87. The highest BCUT2D eigenvalue weighted by Crippen LogP contribution is 2.29. The van der Waals surface area contributed by atoms with Crippen molar-refractivity contribution in [2.24, 2.45) is 5.92 Å². The van der Waals surface area contributed by atoms with Gasteiger partial charge in [0.15, 0.2) is 0 Å². The van der Waals surface area contributed by atoms with Gasteiger partial charge < -0.3 is 0 Å². The van der Waals surface area contributed by atoms with Gasteiger partial charge in [-0.2, -0.15) is 0 Å². The van der Waals surface area contributed by atoms with Crippen LogP contribution in [0.15, 0.2) is 18.5 Å². The molecule has 2 aromatic heterocycles. The van der Waals surface area contributed by atoms with Gasteiger partial charge in [0.2, 0.25) is 0 Å². The highest BCUT2D eigenvalue weighted by atomic mass is 14.9. The van der Waals surface area contributed by atoms with Crippen LogP contribution in [0.4, 0.5) is 0 Å². The molecule has 3 heteroatoms. The van der Waals surface area contributed by atoms with Gasteiger partial charge in [0, 0.05) is 23.2 Å².